The van der Waals surface area contributed by atoms with E-state index in [1.54, 1.807) is 11.0 Å². The first kappa shape index (κ1) is 27.9. The van der Waals surface area contributed by atoms with E-state index >= 15 is 0 Å². The summed E-state index contributed by atoms with van der Waals surface area (Å²) in [5, 5.41) is 4.92. The Hall–Kier alpha value is -3.16. The molecular weight excluding hydrogens is 510 g/mol. The van der Waals surface area contributed by atoms with Crippen molar-refractivity contribution < 1.29 is 9.53 Å². The van der Waals surface area contributed by atoms with Gasteiger partial charge in [0.2, 0.25) is 0 Å². The van der Waals surface area contributed by atoms with Crippen molar-refractivity contribution in [3.05, 3.63) is 83.4 Å². The van der Waals surface area contributed by atoms with E-state index in [0.717, 1.165) is 46.7 Å². The first-order chi connectivity index (χ1) is 18.5. The SMILES string of the molecule is C=CCOc1ccc(-c2nn(-c3ccccc3)cc2/C=C2/SC(=S)N(CCCCCCCC)C2=O)cc1C. The molecule has 0 atom stereocenters. The van der Waals surface area contributed by atoms with Gasteiger partial charge in [0.25, 0.3) is 5.91 Å². The number of aromatic nitrogens is 2. The van der Waals surface area contributed by atoms with E-state index < -0.39 is 0 Å². The van der Waals surface area contributed by atoms with Crippen LogP contribution in [0.15, 0.2) is 72.3 Å². The number of thioether (sulfide) groups is 1. The van der Waals surface area contributed by atoms with Gasteiger partial charge < -0.3 is 4.74 Å². The second-order valence-corrected chi connectivity index (χ2v) is 11.1. The highest BCUT2D eigenvalue weighted by atomic mass is 32.2. The molecule has 0 aliphatic carbocycles. The van der Waals surface area contributed by atoms with Crippen LogP contribution in [0.3, 0.4) is 0 Å². The van der Waals surface area contributed by atoms with Crippen LogP contribution in [-0.2, 0) is 4.79 Å². The van der Waals surface area contributed by atoms with Crippen molar-refractivity contribution in [2.24, 2.45) is 0 Å². The van der Waals surface area contributed by atoms with E-state index in [4.69, 9.17) is 22.1 Å². The lowest BCUT2D eigenvalue weighted by molar-refractivity contribution is -0.122. The molecule has 1 saturated heterocycles. The van der Waals surface area contributed by atoms with Gasteiger partial charge in [-0.3, -0.25) is 9.69 Å². The van der Waals surface area contributed by atoms with Crippen molar-refractivity contribution >= 4 is 40.3 Å². The number of carbonyl (C=O) groups excluding carboxylic acids is 1. The van der Waals surface area contributed by atoms with Gasteiger partial charge in [0.15, 0.2) is 0 Å². The fraction of sp³-hybridized carbons (Fsp3) is 0.323. The first-order valence-electron chi connectivity index (χ1n) is 13.3. The van der Waals surface area contributed by atoms with Crippen LogP contribution in [0.1, 0.15) is 56.6 Å². The van der Waals surface area contributed by atoms with Crippen LogP contribution in [0.5, 0.6) is 5.75 Å². The number of para-hydroxylation sites is 1. The molecule has 1 aromatic heterocycles. The Bertz CT molecular complexity index is 1310. The Labute approximate surface area is 235 Å². The van der Waals surface area contributed by atoms with Crippen molar-refractivity contribution in [2.75, 3.05) is 13.2 Å². The zero-order valence-corrected chi connectivity index (χ0v) is 23.8. The zero-order valence-electron chi connectivity index (χ0n) is 22.2. The van der Waals surface area contributed by atoms with Crippen molar-refractivity contribution in [1.82, 2.24) is 14.7 Å². The maximum atomic E-state index is 13.3. The van der Waals surface area contributed by atoms with E-state index in [1.807, 2.05) is 66.3 Å². The number of aryl methyl sites for hydroxylation is 1. The number of amides is 1. The number of thiocarbonyl (C=S) groups is 1. The van der Waals surface area contributed by atoms with E-state index in [0.29, 0.717) is 22.4 Å². The normalized spacial score (nSPS) is 14.5. The Kier molecular flexibility index (Phi) is 9.96. The van der Waals surface area contributed by atoms with Crippen molar-refractivity contribution in [3.63, 3.8) is 0 Å². The molecule has 1 aliphatic rings. The fourth-order valence-corrected chi connectivity index (χ4v) is 5.72. The van der Waals surface area contributed by atoms with Gasteiger partial charge in [-0.25, -0.2) is 4.68 Å². The third-order valence-corrected chi connectivity index (χ3v) is 7.84. The summed E-state index contributed by atoms with van der Waals surface area (Å²) < 4.78 is 8.25. The number of rotatable bonds is 13. The molecule has 0 spiro atoms. The summed E-state index contributed by atoms with van der Waals surface area (Å²) in [5.74, 6) is 0.796. The number of carbonyl (C=O) groups is 1. The van der Waals surface area contributed by atoms with Gasteiger partial charge in [-0.05, 0) is 55.3 Å². The number of nitrogens with zero attached hydrogens (tertiary/aromatic N) is 3. The Morgan fingerprint density at radius 2 is 1.84 bits per heavy atom. The lowest BCUT2D eigenvalue weighted by Crippen LogP contribution is -2.29. The van der Waals surface area contributed by atoms with Crippen LogP contribution in [0.2, 0.25) is 0 Å². The van der Waals surface area contributed by atoms with Crippen molar-refractivity contribution in [3.8, 4) is 22.7 Å². The largest absolute Gasteiger partial charge is 0.489 e. The minimum absolute atomic E-state index is 0.0173. The third kappa shape index (κ3) is 6.83. The van der Waals surface area contributed by atoms with Gasteiger partial charge in [-0.1, -0.05) is 93.9 Å². The zero-order chi connectivity index (χ0) is 26.9. The van der Waals surface area contributed by atoms with Gasteiger partial charge in [0, 0.05) is 23.9 Å². The van der Waals surface area contributed by atoms with E-state index in [9.17, 15) is 4.79 Å². The monoisotopic (exact) mass is 545 g/mol. The highest BCUT2D eigenvalue weighted by Crippen LogP contribution is 2.36. The Morgan fingerprint density at radius 3 is 2.58 bits per heavy atom. The summed E-state index contributed by atoms with van der Waals surface area (Å²) in [6.07, 6.45) is 12.7. The standard InChI is InChI=1S/C31H35N3O2S2/c1-4-6-7-8-9-13-18-33-30(35)28(38-31(33)37)21-25-22-34(26-14-11-10-12-15-26)32-29(25)24-16-17-27(23(3)20-24)36-19-5-2/h5,10-12,14-17,20-22H,2,4,6-9,13,18-19H2,1,3H3/b28-21+. The number of benzene rings is 2. The van der Waals surface area contributed by atoms with Gasteiger partial charge in [0.1, 0.15) is 22.4 Å². The van der Waals surface area contributed by atoms with Crippen LogP contribution >= 0.6 is 24.0 Å². The molecule has 0 unspecified atom stereocenters. The second kappa shape index (κ2) is 13.6. The van der Waals surface area contributed by atoms with E-state index in [1.165, 1.54) is 37.4 Å². The highest BCUT2D eigenvalue weighted by Gasteiger charge is 2.32. The summed E-state index contributed by atoms with van der Waals surface area (Å²) in [6.45, 7) is 9.09. The first-order valence-corrected chi connectivity index (χ1v) is 14.5. The summed E-state index contributed by atoms with van der Waals surface area (Å²) in [4.78, 5) is 15.7. The minimum atomic E-state index is -0.0173. The molecule has 2 heterocycles. The molecule has 0 N–H and O–H groups in total. The fourth-order valence-electron chi connectivity index (χ4n) is 4.42. The molecule has 2 aromatic carbocycles. The molecule has 38 heavy (non-hydrogen) atoms. The lowest BCUT2D eigenvalue weighted by Gasteiger charge is -2.14. The summed E-state index contributed by atoms with van der Waals surface area (Å²) in [7, 11) is 0. The third-order valence-electron chi connectivity index (χ3n) is 6.46. The molecule has 7 heteroatoms. The maximum absolute atomic E-state index is 13.3. The van der Waals surface area contributed by atoms with Crippen LogP contribution in [0, 0.1) is 6.92 Å². The topological polar surface area (TPSA) is 47.4 Å². The van der Waals surface area contributed by atoms with E-state index in [2.05, 4.69) is 19.6 Å². The molecule has 1 fully saturated rings. The number of hydrogen-bond donors (Lipinski definition) is 0. The number of hydrogen-bond acceptors (Lipinski definition) is 5. The van der Waals surface area contributed by atoms with Gasteiger partial charge in [-0.2, -0.15) is 5.10 Å². The van der Waals surface area contributed by atoms with Crippen molar-refractivity contribution in [1.29, 1.82) is 0 Å². The smallest absolute Gasteiger partial charge is 0.266 e. The molecule has 0 bridgehead atoms. The van der Waals surface area contributed by atoms with Gasteiger partial charge >= 0.3 is 0 Å². The average Bonchev–Trinajstić information content (AvgIpc) is 3.46. The second-order valence-electron chi connectivity index (χ2n) is 9.39. The highest BCUT2D eigenvalue weighted by molar-refractivity contribution is 8.26. The molecule has 5 nitrogen and oxygen atoms in total. The Morgan fingerprint density at radius 1 is 1.08 bits per heavy atom. The molecule has 1 aliphatic heterocycles. The maximum Gasteiger partial charge on any atom is 0.266 e. The van der Waals surface area contributed by atoms with Crippen LogP contribution in [0.4, 0.5) is 0 Å². The van der Waals surface area contributed by atoms with Gasteiger partial charge in [0.05, 0.1) is 10.6 Å². The van der Waals surface area contributed by atoms with Crippen LogP contribution in [0.25, 0.3) is 23.0 Å². The van der Waals surface area contributed by atoms with Gasteiger partial charge in [-0.15, -0.1) is 0 Å². The Balaban J connectivity index is 1.61. The number of unbranched alkanes of at least 4 members (excludes halogenated alkanes) is 5. The quantitative estimate of drug-likeness (QED) is 0.0943. The lowest BCUT2D eigenvalue weighted by atomic mass is 10.0. The molecule has 0 radical (unpaired) electrons. The summed E-state index contributed by atoms with van der Waals surface area (Å²) in [6, 6.07) is 16.0. The molecule has 3 aromatic rings. The summed E-state index contributed by atoms with van der Waals surface area (Å²) in [5.41, 5.74) is 4.58. The van der Waals surface area contributed by atoms with E-state index in [-0.39, 0.29) is 5.91 Å². The number of ether oxygens (including phenoxy) is 1. The summed E-state index contributed by atoms with van der Waals surface area (Å²) >= 11 is 6.96. The molecule has 1 amide bonds. The molecular formula is C31H35N3O2S2. The predicted octanol–water partition coefficient (Wildman–Crippen LogP) is 7.97. The molecule has 198 valence electrons. The van der Waals surface area contributed by atoms with Crippen LogP contribution in [-0.4, -0.2) is 38.1 Å². The predicted molar refractivity (Wildman–Crippen MR) is 163 cm³/mol. The van der Waals surface area contributed by atoms with Crippen LogP contribution < -0.4 is 4.74 Å². The average molecular weight is 546 g/mol. The minimum Gasteiger partial charge on any atom is -0.489 e. The molecule has 0 saturated carbocycles. The van der Waals surface area contributed by atoms with Crippen molar-refractivity contribution in [2.45, 2.75) is 52.4 Å². The molecule has 4 rings (SSSR count).